The van der Waals surface area contributed by atoms with Gasteiger partial charge in [-0.15, -0.1) is 0 Å². The van der Waals surface area contributed by atoms with Crippen LogP contribution >= 0.6 is 0 Å². The van der Waals surface area contributed by atoms with Crippen LogP contribution in [-0.4, -0.2) is 75.1 Å². The number of aliphatic hydroxyl groups excluding tert-OH is 1. The molecule has 32 heavy (non-hydrogen) atoms. The van der Waals surface area contributed by atoms with Gasteiger partial charge in [0.2, 0.25) is 0 Å². The lowest BCUT2D eigenvalue weighted by Gasteiger charge is -2.34. The summed E-state index contributed by atoms with van der Waals surface area (Å²) in [6, 6.07) is 12.6. The van der Waals surface area contributed by atoms with Gasteiger partial charge >= 0.3 is 0 Å². The molecular formula is C23H24N6O3. The number of nitrogens with one attached hydrogen (secondary N) is 2. The molecule has 5 N–H and O–H groups in total. The molecule has 2 aromatic carbocycles. The lowest BCUT2D eigenvalue weighted by molar-refractivity contribution is 0.0615. The van der Waals surface area contributed by atoms with Gasteiger partial charge in [-0.05, 0) is 24.3 Å². The van der Waals surface area contributed by atoms with Crippen LogP contribution in [0.25, 0.3) is 33.3 Å². The fraction of sp³-hybridized carbons (Fsp3) is 0.261. The molecule has 2 aromatic heterocycles. The molecule has 0 spiro atoms. The summed E-state index contributed by atoms with van der Waals surface area (Å²) in [6.45, 7) is 3.47. The average molecular weight is 432 g/mol. The molecule has 4 aromatic rings. The molecule has 9 heteroatoms. The summed E-state index contributed by atoms with van der Waals surface area (Å²) in [7, 11) is 0. The smallest absolute Gasteiger partial charge is 0.261 e. The van der Waals surface area contributed by atoms with Crippen molar-refractivity contribution in [2.24, 2.45) is 0 Å². The number of hydrogen-bond donors (Lipinski definition) is 4. The lowest BCUT2D eigenvalue weighted by atomic mass is 10.1. The number of nitrogen functional groups attached to an aromatic ring is 1. The first kappa shape index (κ1) is 20.2. The van der Waals surface area contributed by atoms with E-state index in [9.17, 15) is 9.59 Å². The maximum absolute atomic E-state index is 13.0. The molecule has 5 rings (SSSR count). The Hall–Kier alpha value is -3.69. The molecule has 1 saturated heterocycles. The fourth-order valence-corrected chi connectivity index (χ4v) is 4.26. The number of carbonyl (C=O) groups is 1. The zero-order valence-corrected chi connectivity index (χ0v) is 17.5. The van der Waals surface area contributed by atoms with Crippen molar-refractivity contribution in [3.63, 3.8) is 0 Å². The molecule has 1 amide bonds. The van der Waals surface area contributed by atoms with Crippen LogP contribution in [0.5, 0.6) is 0 Å². The number of hydrogen-bond acceptors (Lipinski definition) is 6. The summed E-state index contributed by atoms with van der Waals surface area (Å²) in [4.78, 5) is 40.2. The fourth-order valence-electron chi connectivity index (χ4n) is 4.26. The third-order valence-corrected chi connectivity index (χ3v) is 6.00. The van der Waals surface area contributed by atoms with E-state index in [1.807, 2.05) is 23.1 Å². The maximum atomic E-state index is 13.0. The van der Waals surface area contributed by atoms with Gasteiger partial charge in [0.05, 0.1) is 28.8 Å². The predicted molar refractivity (Wildman–Crippen MR) is 123 cm³/mol. The van der Waals surface area contributed by atoms with Gasteiger partial charge in [0.25, 0.3) is 11.5 Å². The summed E-state index contributed by atoms with van der Waals surface area (Å²) < 4.78 is 0. The van der Waals surface area contributed by atoms with Gasteiger partial charge < -0.3 is 25.7 Å². The minimum absolute atomic E-state index is 0.0465. The van der Waals surface area contributed by atoms with Gasteiger partial charge in [0, 0.05) is 43.7 Å². The Labute approximate surface area is 183 Å². The molecule has 1 aliphatic rings. The number of benzene rings is 2. The highest BCUT2D eigenvalue weighted by molar-refractivity contribution is 5.99. The number of piperazine rings is 1. The summed E-state index contributed by atoms with van der Waals surface area (Å²) >= 11 is 0. The summed E-state index contributed by atoms with van der Waals surface area (Å²) in [5, 5.41) is 9.83. The Balaban J connectivity index is 1.46. The standard InChI is InChI=1S/C23H24N6O3/c24-20-15-3-1-2-4-16(15)27-22(31)19(20)21-25-17-6-5-14(13-18(17)26-21)23(32)29-9-7-28(8-10-29)11-12-30/h1-6,13,30H,7-12H2,(H,25,26)(H3,24,27,31). The third-order valence-electron chi connectivity index (χ3n) is 6.00. The summed E-state index contributed by atoms with van der Waals surface area (Å²) in [6.07, 6.45) is 0. The number of imidazole rings is 1. The Kier molecular flexibility index (Phi) is 5.12. The number of aromatic amines is 2. The number of amides is 1. The Morgan fingerprint density at radius 3 is 2.62 bits per heavy atom. The quantitative estimate of drug-likeness (QED) is 0.386. The van der Waals surface area contributed by atoms with E-state index >= 15 is 0 Å². The van der Waals surface area contributed by atoms with Crippen molar-refractivity contribution in [1.29, 1.82) is 0 Å². The zero-order valence-electron chi connectivity index (χ0n) is 17.5. The molecule has 1 fully saturated rings. The van der Waals surface area contributed by atoms with E-state index in [1.54, 1.807) is 24.3 Å². The highest BCUT2D eigenvalue weighted by Crippen LogP contribution is 2.28. The predicted octanol–water partition coefficient (Wildman–Crippen LogP) is 1.40. The van der Waals surface area contributed by atoms with Gasteiger partial charge in [0.1, 0.15) is 11.4 Å². The molecule has 0 unspecified atom stereocenters. The number of H-pyrrole nitrogens is 2. The van der Waals surface area contributed by atoms with Gasteiger partial charge in [-0.3, -0.25) is 14.5 Å². The molecule has 0 radical (unpaired) electrons. The van der Waals surface area contributed by atoms with Gasteiger partial charge in [-0.2, -0.15) is 0 Å². The second-order valence-electron chi connectivity index (χ2n) is 7.96. The van der Waals surface area contributed by atoms with Gasteiger partial charge in [-0.1, -0.05) is 18.2 Å². The van der Waals surface area contributed by atoms with Crippen LogP contribution in [0.15, 0.2) is 47.3 Å². The van der Waals surface area contributed by atoms with Crippen LogP contribution in [0, 0.1) is 0 Å². The summed E-state index contributed by atoms with van der Waals surface area (Å²) in [5.41, 5.74) is 9.19. The van der Waals surface area contributed by atoms with E-state index < -0.39 is 0 Å². The van der Waals surface area contributed by atoms with Crippen LogP contribution in [0.4, 0.5) is 5.69 Å². The van der Waals surface area contributed by atoms with Gasteiger partial charge in [-0.25, -0.2) is 4.98 Å². The molecule has 0 aliphatic carbocycles. The number of pyridine rings is 1. The molecule has 0 atom stereocenters. The number of β-amino-alcohol motifs (C(OH)–C–C–N with tert-alkyl or cyclic N) is 1. The van der Waals surface area contributed by atoms with Crippen molar-refractivity contribution in [3.8, 4) is 11.4 Å². The van der Waals surface area contributed by atoms with Crippen LogP contribution in [0.3, 0.4) is 0 Å². The normalized spacial score (nSPS) is 15.0. The van der Waals surface area contributed by atoms with Crippen molar-refractivity contribution >= 4 is 33.5 Å². The SMILES string of the molecule is Nc1c(-c2nc3ccc(C(=O)N4CCN(CCO)CC4)cc3[nH]2)c(=O)[nH]c2ccccc12. The molecule has 1 aliphatic heterocycles. The van der Waals surface area contributed by atoms with E-state index in [2.05, 4.69) is 19.9 Å². The first-order valence-electron chi connectivity index (χ1n) is 10.6. The minimum atomic E-state index is -0.322. The van der Waals surface area contributed by atoms with Crippen LogP contribution in [0.1, 0.15) is 10.4 Å². The average Bonchev–Trinajstić information content (AvgIpc) is 3.22. The first-order valence-corrected chi connectivity index (χ1v) is 10.6. The number of para-hydroxylation sites is 1. The largest absolute Gasteiger partial charge is 0.397 e. The second-order valence-corrected chi connectivity index (χ2v) is 7.96. The number of carbonyl (C=O) groups excluding carboxylic acids is 1. The van der Waals surface area contributed by atoms with Gasteiger partial charge in [0.15, 0.2) is 0 Å². The Bertz CT molecular complexity index is 1370. The molecule has 164 valence electrons. The Morgan fingerprint density at radius 2 is 1.84 bits per heavy atom. The monoisotopic (exact) mass is 432 g/mol. The molecule has 3 heterocycles. The lowest BCUT2D eigenvalue weighted by Crippen LogP contribution is -2.49. The minimum Gasteiger partial charge on any atom is -0.397 e. The number of anilines is 1. The molecule has 0 saturated carbocycles. The van der Waals surface area contributed by atoms with Crippen LogP contribution in [-0.2, 0) is 0 Å². The third kappa shape index (κ3) is 3.51. The van der Waals surface area contributed by atoms with Crippen LogP contribution < -0.4 is 11.3 Å². The number of aromatic nitrogens is 3. The Morgan fingerprint density at radius 1 is 1.06 bits per heavy atom. The van der Waals surface area contributed by atoms with Crippen molar-refractivity contribution in [2.75, 3.05) is 45.1 Å². The maximum Gasteiger partial charge on any atom is 0.261 e. The highest BCUT2D eigenvalue weighted by Gasteiger charge is 2.23. The van der Waals surface area contributed by atoms with Crippen molar-refractivity contribution in [1.82, 2.24) is 24.8 Å². The van der Waals surface area contributed by atoms with E-state index in [0.717, 1.165) is 18.5 Å². The zero-order chi connectivity index (χ0) is 22.2. The number of nitrogens with two attached hydrogens (primary N) is 1. The number of aliphatic hydroxyl groups is 1. The molecule has 9 nitrogen and oxygen atoms in total. The van der Waals surface area contributed by atoms with Crippen LogP contribution in [0.2, 0.25) is 0 Å². The number of nitrogens with zero attached hydrogens (tertiary/aromatic N) is 3. The van der Waals surface area contributed by atoms with Crippen molar-refractivity contribution in [2.45, 2.75) is 0 Å². The number of rotatable bonds is 4. The highest BCUT2D eigenvalue weighted by atomic mass is 16.3. The molecule has 0 bridgehead atoms. The second kappa shape index (κ2) is 8.10. The van der Waals surface area contributed by atoms with Crippen molar-refractivity contribution < 1.29 is 9.90 Å². The van der Waals surface area contributed by atoms with E-state index in [1.165, 1.54) is 0 Å². The summed E-state index contributed by atoms with van der Waals surface area (Å²) in [5.74, 6) is 0.321. The molecular weight excluding hydrogens is 408 g/mol. The van der Waals surface area contributed by atoms with E-state index in [-0.39, 0.29) is 23.6 Å². The topological polar surface area (TPSA) is 131 Å². The first-order chi connectivity index (χ1) is 15.5. The van der Waals surface area contributed by atoms with E-state index in [4.69, 9.17) is 10.8 Å². The van der Waals surface area contributed by atoms with E-state index in [0.29, 0.717) is 53.3 Å². The number of fused-ring (bicyclic) bond motifs is 2. The van der Waals surface area contributed by atoms with Crippen molar-refractivity contribution in [3.05, 3.63) is 58.4 Å².